The highest BCUT2D eigenvalue weighted by molar-refractivity contribution is 5.98. The number of rotatable bonds is 2. The van der Waals surface area contributed by atoms with Crippen LogP contribution in [0.2, 0.25) is 0 Å². The number of hydrogen-bond acceptors (Lipinski definition) is 6. The number of likely N-dealkylation sites (tertiary alicyclic amines) is 2. The maximum absolute atomic E-state index is 13.0. The molecular weight excluding hydrogens is 404 g/mol. The number of carbonyl (C=O) groups excluding carboxylic acids is 2. The van der Waals surface area contributed by atoms with E-state index in [2.05, 4.69) is 21.3 Å². The van der Waals surface area contributed by atoms with Gasteiger partial charge in [-0.2, -0.15) is 0 Å². The van der Waals surface area contributed by atoms with E-state index < -0.39 is 0 Å². The summed E-state index contributed by atoms with van der Waals surface area (Å²) >= 11 is 0. The second kappa shape index (κ2) is 9.09. The van der Waals surface area contributed by atoms with Crippen molar-refractivity contribution in [3.63, 3.8) is 0 Å². The summed E-state index contributed by atoms with van der Waals surface area (Å²) in [6.07, 6.45) is 6.01. The normalized spacial score (nSPS) is 25.1. The zero-order valence-electron chi connectivity index (χ0n) is 18.9. The average Bonchev–Trinajstić information content (AvgIpc) is 2.85. The Balaban J connectivity index is 1.15. The van der Waals surface area contributed by atoms with E-state index >= 15 is 0 Å². The molecule has 0 unspecified atom stereocenters. The zero-order chi connectivity index (χ0) is 22.0. The molecule has 5 rings (SSSR count). The lowest BCUT2D eigenvalue weighted by Gasteiger charge is -2.45. The third kappa shape index (κ3) is 4.41. The smallest absolute Gasteiger partial charge is 0.253 e. The van der Waals surface area contributed by atoms with Gasteiger partial charge >= 0.3 is 0 Å². The van der Waals surface area contributed by atoms with Crippen molar-refractivity contribution in [2.24, 2.45) is 0 Å². The van der Waals surface area contributed by atoms with Gasteiger partial charge in [0.15, 0.2) is 0 Å². The van der Waals surface area contributed by atoms with Crippen molar-refractivity contribution < 1.29 is 9.59 Å². The average molecular weight is 441 g/mol. The van der Waals surface area contributed by atoms with E-state index in [1.807, 2.05) is 34.1 Å². The van der Waals surface area contributed by atoms with Crippen LogP contribution < -0.4 is 21.3 Å². The van der Waals surface area contributed by atoms with E-state index in [9.17, 15) is 9.59 Å². The number of piperidine rings is 2. The summed E-state index contributed by atoms with van der Waals surface area (Å²) in [6.45, 7) is 7.16. The topological polar surface area (TPSA) is 88.7 Å². The number of amides is 2. The molecule has 4 N–H and O–H groups in total. The molecule has 2 amide bonds. The molecule has 1 aromatic carbocycles. The highest BCUT2D eigenvalue weighted by atomic mass is 16.2. The number of benzene rings is 1. The van der Waals surface area contributed by atoms with Crippen LogP contribution in [0.4, 0.5) is 0 Å². The summed E-state index contributed by atoms with van der Waals surface area (Å²) in [5.41, 5.74) is 1.33. The molecule has 32 heavy (non-hydrogen) atoms. The van der Waals surface area contributed by atoms with Gasteiger partial charge in [0.05, 0.1) is 11.3 Å². The lowest BCUT2D eigenvalue weighted by molar-refractivity contribution is 0.0557. The van der Waals surface area contributed by atoms with Gasteiger partial charge < -0.3 is 9.80 Å². The highest BCUT2D eigenvalue weighted by Crippen LogP contribution is 2.25. The van der Waals surface area contributed by atoms with Crippen molar-refractivity contribution >= 4 is 11.8 Å². The maximum Gasteiger partial charge on any atom is 0.253 e. The van der Waals surface area contributed by atoms with Crippen LogP contribution in [-0.2, 0) is 0 Å². The molecule has 4 saturated heterocycles. The van der Waals surface area contributed by atoms with Gasteiger partial charge in [-0.1, -0.05) is 0 Å². The molecule has 8 heteroatoms. The molecule has 4 aliphatic heterocycles. The fraction of sp³-hybridized carbons (Fsp3) is 0.667. The quantitative estimate of drug-likeness (QED) is 0.542. The molecular formula is C24H36N6O2. The van der Waals surface area contributed by atoms with Gasteiger partial charge in [0.1, 0.15) is 0 Å². The minimum absolute atomic E-state index is 0.000986. The summed E-state index contributed by atoms with van der Waals surface area (Å²) in [5.74, 6) is 0.119. The molecule has 0 radical (unpaired) electrons. The van der Waals surface area contributed by atoms with Crippen LogP contribution in [0, 0.1) is 0 Å². The number of hydrogen-bond donors (Lipinski definition) is 4. The van der Waals surface area contributed by atoms with Crippen molar-refractivity contribution in [2.75, 3.05) is 52.4 Å². The summed E-state index contributed by atoms with van der Waals surface area (Å²) in [4.78, 5) is 29.9. The Kier molecular flexibility index (Phi) is 6.20. The van der Waals surface area contributed by atoms with Gasteiger partial charge in [-0.05, 0) is 89.0 Å². The van der Waals surface area contributed by atoms with Crippen molar-refractivity contribution in [3.8, 4) is 0 Å². The van der Waals surface area contributed by atoms with Crippen LogP contribution in [0.3, 0.4) is 0 Å². The Morgan fingerprint density at radius 1 is 0.594 bits per heavy atom. The van der Waals surface area contributed by atoms with Crippen LogP contribution in [0.5, 0.6) is 0 Å². The van der Waals surface area contributed by atoms with Crippen molar-refractivity contribution in [1.29, 1.82) is 0 Å². The molecule has 0 atom stereocenters. The van der Waals surface area contributed by atoms with Gasteiger partial charge in [0.25, 0.3) is 11.8 Å². The molecule has 0 aliphatic carbocycles. The number of nitrogens with zero attached hydrogens (tertiary/aromatic N) is 2. The maximum atomic E-state index is 13.0. The largest absolute Gasteiger partial charge is 0.338 e. The van der Waals surface area contributed by atoms with Crippen LogP contribution in [0.15, 0.2) is 24.3 Å². The first-order valence-electron chi connectivity index (χ1n) is 12.3. The molecule has 0 aromatic heterocycles. The highest BCUT2D eigenvalue weighted by Gasteiger charge is 2.38. The van der Waals surface area contributed by atoms with Gasteiger partial charge in [-0.25, -0.2) is 0 Å². The molecule has 2 spiro atoms. The fourth-order valence-electron chi connectivity index (χ4n) is 5.62. The van der Waals surface area contributed by atoms with Crippen LogP contribution >= 0.6 is 0 Å². The second-order valence-corrected chi connectivity index (χ2v) is 9.74. The lowest BCUT2D eigenvalue weighted by atomic mass is 9.93. The zero-order valence-corrected chi connectivity index (χ0v) is 18.9. The third-order valence-electron chi connectivity index (χ3n) is 7.75. The number of nitrogens with one attached hydrogen (secondary N) is 4. The molecule has 1 aromatic rings. The Labute approximate surface area is 190 Å². The van der Waals surface area contributed by atoms with E-state index in [1.165, 1.54) is 0 Å². The Bertz CT molecular complexity index is 740. The van der Waals surface area contributed by atoms with Crippen molar-refractivity contribution in [2.45, 2.75) is 49.9 Å². The summed E-state index contributed by atoms with van der Waals surface area (Å²) in [6, 6.07) is 7.25. The monoisotopic (exact) mass is 440 g/mol. The fourth-order valence-corrected chi connectivity index (χ4v) is 5.62. The second-order valence-electron chi connectivity index (χ2n) is 9.74. The Hall–Kier alpha value is -2.00. The first kappa shape index (κ1) is 21.8. The summed E-state index contributed by atoms with van der Waals surface area (Å²) in [7, 11) is 0. The van der Waals surface area contributed by atoms with Gasteiger partial charge in [0, 0.05) is 37.3 Å². The molecule has 8 nitrogen and oxygen atoms in total. The standard InChI is InChI=1S/C24H36N6O2/c31-21(29-15-7-23(8-16-29)25-11-1-12-26-23)19-3-5-20(6-4-19)22(32)30-17-9-24(10-18-30)27-13-2-14-28-24/h3-6,25-28H,1-2,7-18H2. The molecule has 4 fully saturated rings. The Morgan fingerprint density at radius 3 is 1.22 bits per heavy atom. The van der Waals surface area contributed by atoms with E-state index in [1.54, 1.807) is 0 Å². The number of carbonyl (C=O) groups is 2. The van der Waals surface area contributed by atoms with Crippen molar-refractivity contribution in [3.05, 3.63) is 35.4 Å². The molecule has 0 bridgehead atoms. The van der Waals surface area contributed by atoms with E-state index in [0.29, 0.717) is 11.1 Å². The van der Waals surface area contributed by atoms with Gasteiger partial charge in [-0.3, -0.25) is 30.9 Å². The van der Waals surface area contributed by atoms with Gasteiger partial charge in [0.2, 0.25) is 0 Å². The summed E-state index contributed by atoms with van der Waals surface area (Å²) in [5, 5.41) is 14.4. The first-order valence-corrected chi connectivity index (χ1v) is 12.3. The molecule has 174 valence electrons. The third-order valence-corrected chi connectivity index (χ3v) is 7.75. The van der Waals surface area contributed by atoms with Crippen LogP contribution in [0.1, 0.15) is 59.2 Å². The van der Waals surface area contributed by atoms with E-state index in [-0.39, 0.29) is 23.1 Å². The van der Waals surface area contributed by atoms with Gasteiger partial charge in [-0.15, -0.1) is 0 Å². The Morgan fingerprint density at radius 2 is 0.906 bits per heavy atom. The predicted octanol–water partition coefficient (Wildman–Crippen LogP) is 0.717. The summed E-state index contributed by atoms with van der Waals surface area (Å²) < 4.78 is 0. The predicted molar refractivity (Wildman–Crippen MR) is 123 cm³/mol. The first-order chi connectivity index (χ1) is 15.6. The minimum atomic E-state index is 0.000986. The minimum Gasteiger partial charge on any atom is -0.338 e. The SMILES string of the molecule is O=C(c1ccc(C(=O)N2CCC3(CC2)NCCCN3)cc1)N1CCC2(CC1)NCCCN2. The lowest BCUT2D eigenvalue weighted by Crippen LogP contribution is -2.65. The molecule has 0 saturated carbocycles. The van der Waals surface area contributed by atoms with Crippen molar-refractivity contribution in [1.82, 2.24) is 31.1 Å². The molecule has 4 aliphatic rings. The molecule has 4 heterocycles. The van der Waals surface area contributed by atoms with Crippen LogP contribution in [0.25, 0.3) is 0 Å². The van der Waals surface area contributed by atoms with Crippen LogP contribution in [-0.4, -0.2) is 85.3 Å². The van der Waals surface area contributed by atoms with E-state index in [4.69, 9.17) is 0 Å². The van der Waals surface area contributed by atoms with E-state index in [0.717, 1.165) is 90.9 Å².